The van der Waals surface area contributed by atoms with Gasteiger partial charge < -0.3 is 20.1 Å². The van der Waals surface area contributed by atoms with Crippen molar-refractivity contribution in [3.05, 3.63) is 76.8 Å². The number of cyclic esters (lactones) is 1. The SMILES string of the molecule is C[C@@H](c1ccc(-c2nc(C(=O)NC(C)(C)C)cs2)cc1)N1CC[C@](CC(C)(C)O)(c2ccccc2)OC1=O. The van der Waals surface area contributed by atoms with E-state index in [1.165, 1.54) is 11.3 Å². The number of aliphatic hydroxyl groups is 1. The van der Waals surface area contributed by atoms with Crippen LogP contribution in [0.3, 0.4) is 0 Å². The van der Waals surface area contributed by atoms with Crippen molar-refractivity contribution in [3.8, 4) is 10.6 Å². The maximum absolute atomic E-state index is 13.3. The summed E-state index contributed by atoms with van der Waals surface area (Å²) in [5.74, 6) is -0.190. The van der Waals surface area contributed by atoms with Crippen molar-refractivity contribution in [1.29, 1.82) is 0 Å². The average Bonchev–Trinajstić information content (AvgIpc) is 3.33. The van der Waals surface area contributed by atoms with Gasteiger partial charge in [-0.05, 0) is 52.7 Å². The fourth-order valence-corrected chi connectivity index (χ4v) is 5.70. The van der Waals surface area contributed by atoms with E-state index >= 15 is 0 Å². The van der Waals surface area contributed by atoms with E-state index in [1.54, 1.807) is 24.1 Å². The Morgan fingerprint density at radius 1 is 1.13 bits per heavy atom. The van der Waals surface area contributed by atoms with Gasteiger partial charge in [0.15, 0.2) is 0 Å². The van der Waals surface area contributed by atoms with Crippen LogP contribution in [0.4, 0.5) is 4.79 Å². The van der Waals surface area contributed by atoms with Gasteiger partial charge in [-0.3, -0.25) is 4.79 Å². The second kappa shape index (κ2) is 10.5. The summed E-state index contributed by atoms with van der Waals surface area (Å²) >= 11 is 1.42. The Labute approximate surface area is 228 Å². The Morgan fingerprint density at radius 3 is 2.37 bits per heavy atom. The summed E-state index contributed by atoms with van der Waals surface area (Å²) < 4.78 is 6.12. The van der Waals surface area contributed by atoms with Crippen molar-refractivity contribution in [2.45, 2.75) is 77.2 Å². The molecular weight excluding hydrogens is 498 g/mol. The van der Waals surface area contributed by atoms with Crippen molar-refractivity contribution in [3.63, 3.8) is 0 Å². The van der Waals surface area contributed by atoms with Gasteiger partial charge in [0.1, 0.15) is 16.3 Å². The van der Waals surface area contributed by atoms with Gasteiger partial charge in [0.05, 0.1) is 11.6 Å². The van der Waals surface area contributed by atoms with Crippen molar-refractivity contribution >= 4 is 23.3 Å². The van der Waals surface area contributed by atoms with Gasteiger partial charge in [-0.25, -0.2) is 9.78 Å². The number of thiazole rings is 1. The molecule has 0 aliphatic carbocycles. The first-order valence-electron chi connectivity index (χ1n) is 12.9. The molecule has 4 rings (SSSR count). The largest absolute Gasteiger partial charge is 0.438 e. The van der Waals surface area contributed by atoms with E-state index in [0.29, 0.717) is 25.1 Å². The number of aromatic nitrogens is 1. The topological polar surface area (TPSA) is 91.8 Å². The lowest BCUT2D eigenvalue weighted by atomic mass is 9.80. The molecule has 202 valence electrons. The number of nitrogens with zero attached hydrogens (tertiary/aromatic N) is 2. The van der Waals surface area contributed by atoms with Gasteiger partial charge in [0.2, 0.25) is 0 Å². The summed E-state index contributed by atoms with van der Waals surface area (Å²) in [4.78, 5) is 32.0. The number of rotatable bonds is 7. The molecule has 0 bridgehead atoms. The van der Waals surface area contributed by atoms with Crippen LogP contribution in [0.25, 0.3) is 10.6 Å². The van der Waals surface area contributed by atoms with Gasteiger partial charge in [0.25, 0.3) is 5.91 Å². The van der Waals surface area contributed by atoms with Crippen LogP contribution in [-0.2, 0) is 10.3 Å². The smallest absolute Gasteiger partial charge is 0.411 e. The third kappa shape index (κ3) is 6.42. The van der Waals surface area contributed by atoms with E-state index < -0.39 is 17.3 Å². The second-order valence-electron chi connectivity index (χ2n) is 11.7. The Morgan fingerprint density at radius 2 is 1.79 bits per heavy atom. The predicted molar refractivity (Wildman–Crippen MR) is 150 cm³/mol. The summed E-state index contributed by atoms with van der Waals surface area (Å²) in [6.07, 6.45) is 0.500. The van der Waals surface area contributed by atoms with Crippen LogP contribution in [0.2, 0.25) is 0 Å². The minimum absolute atomic E-state index is 0.190. The molecule has 1 aliphatic rings. The van der Waals surface area contributed by atoms with Crippen molar-refractivity contribution in [2.24, 2.45) is 0 Å². The molecule has 2 heterocycles. The highest BCUT2D eigenvalue weighted by Crippen LogP contribution is 2.42. The van der Waals surface area contributed by atoms with Crippen LogP contribution in [0.15, 0.2) is 60.0 Å². The molecule has 0 radical (unpaired) electrons. The lowest BCUT2D eigenvalue weighted by molar-refractivity contribution is -0.101. The number of benzene rings is 2. The molecule has 1 fully saturated rings. The van der Waals surface area contributed by atoms with Gasteiger partial charge in [0, 0.05) is 35.9 Å². The van der Waals surface area contributed by atoms with Crippen LogP contribution in [0.1, 0.15) is 82.0 Å². The predicted octanol–water partition coefficient (Wildman–Crippen LogP) is 6.30. The zero-order valence-corrected chi connectivity index (χ0v) is 23.8. The Bertz CT molecular complexity index is 1280. The summed E-state index contributed by atoms with van der Waals surface area (Å²) in [5, 5.41) is 16.1. The molecule has 0 unspecified atom stereocenters. The lowest BCUT2D eigenvalue weighted by Gasteiger charge is -2.45. The number of ether oxygens (including phenoxy) is 1. The van der Waals surface area contributed by atoms with E-state index in [0.717, 1.165) is 21.7 Å². The molecule has 38 heavy (non-hydrogen) atoms. The number of hydrogen-bond donors (Lipinski definition) is 2. The third-order valence-electron chi connectivity index (χ3n) is 6.62. The maximum atomic E-state index is 13.3. The van der Waals surface area contributed by atoms with Crippen LogP contribution < -0.4 is 5.32 Å². The average molecular weight is 536 g/mol. The highest BCUT2D eigenvalue weighted by molar-refractivity contribution is 7.13. The standard InChI is InChI=1S/C30H37N3O4S/c1-20(21-12-14-22(15-13-21)26-31-24(18-38-26)25(34)32-28(2,3)4)33-17-16-30(37-27(33)35,19-29(5,6)36)23-10-8-7-9-11-23/h7-15,18,20,36H,16-17,19H2,1-6H3,(H,32,34)/t20-,30-/m0/s1. The summed E-state index contributed by atoms with van der Waals surface area (Å²) in [6.45, 7) is 11.8. The van der Waals surface area contributed by atoms with Gasteiger partial charge >= 0.3 is 6.09 Å². The molecule has 2 amide bonds. The second-order valence-corrected chi connectivity index (χ2v) is 12.6. The quantitative estimate of drug-likeness (QED) is 0.371. The number of nitrogens with one attached hydrogen (secondary N) is 1. The number of amides is 2. The van der Waals surface area contributed by atoms with Gasteiger partial charge in [-0.2, -0.15) is 0 Å². The summed E-state index contributed by atoms with van der Waals surface area (Å²) in [7, 11) is 0. The summed E-state index contributed by atoms with van der Waals surface area (Å²) in [6, 6.07) is 17.4. The zero-order chi connectivity index (χ0) is 27.7. The maximum Gasteiger partial charge on any atom is 0.411 e. The van der Waals surface area contributed by atoms with E-state index in [2.05, 4.69) is 10.3 Å². The number of hydrogen-bond acceptors (Lipinski definition) is 6. The minimum Gasteiger partial charge on any atom is -0.438 e. The van der Waals surface area contributed by atoms with E-state index in [9.17, 15) is 14.7 Å². The molecule has 1 aliphatic heterocycles. The Kier molecular flexibility index (Phi) is 7.68. The fraction of sp³-hybridized carbons (Fsp3) is 0.433. The molecule has 7 nitrogen and oxygen atoms in total. The van der Waals surface area contributed by atoms with E-state index in [1.807, 2.05) is 82.3 Å². The van der Waals surface area contributed by atoms with Crippen LogP contribution in [0, 0.1) is 0 Å². The van der Waals surface area contributed by atoms with Crippen LogP contribution in [-0.4, -0.2) is 44.7 Å². The first-order chi connectivity index (χ1) is 17.8. The third-order valence-corrected chi connectivity index (χ3v) is 7.52. The molecule has 2 atom stereocenters. The number of carbonyl (C=O) groups excluding carboxylic acids is 2. The molecule has 0 spiro atoms. The Hall–Kier alpha value is -3.23. The van der Waals surface area contributed by atoms with Crippen LogP contribution in [0.5, 0.6) is 0 Å². The first-order valence-corrected chi connectivity index (χ1v) is 13.8. The van der Waals surface area contributed by atoms with Gasteiger partial charge in [-0.1, -0.05) is 54.6 Å². The van der Waals surface area contributed by atoms with E-state index in [-0.39, 0.29) is 17.5 Å². The van der Waals surface area contributed by atoms with Crippen LogP contribution >= 0.6 is 11.3 Å². The number of carbonyl (C=O) groups is 2. The molecular formula is C30H37N3O4S. The molecule has 3 aromatic rings. The van der Waals surface area contributed by atoms with Crippen molar-refractivity contribution in [2.75, 3.05) is 6.54 Å². The molecule has 2 N–H and O–H groups in total. The van der Waals surface area contributed by atoms with Gasteiger partial charge in [-0.15, -0.1) is 11.3 Å². The molecule has 2 aromatic carbocycles. The first kappa shape index (κ1) is 27.8. The molecule has 0 saturated carbocycles. The van der Waals surface area contributed by atoms with E-state index in [4.69, 9.17) is 4.74 Å². The highest BCUT2D eigenvalue weighted by Gasteiger charge is 2.46. The fourth-order valence-electron chi connectivity index (χ4n) is 4.89. The highest BCUT2D eigenvalue weighted by atomic mass is 32.1. The molecule has 8 heteroatoms. The molecule has 1 aromatic heterocycles. The van der Waals surface area contributed by atoms with Crippen molar-refractivity contribution < 1.29 is 19.4 Å². The normalized spacial score (nSPS) is 19.1. The monoisotopic (exact) mass is 535 g/mol. The Balaban J connectivity index is 1.48. The summed E-state index contributed by atoms with van der Waals surface area (Å²) in [5.41, 5.74) is 0.982. The lowest BCUT2D eigenvalue weighted by Crippen LogP contribution is -2.51. The molecule has 1 saturated heterocycles. The zero-order valence-electron chi connectivity index (χ0n) is 22.9. The van der Waals surface area contributed by atoms with Crippen molar-refractivity contribution in [1.82, 2.24) is 15.2 Å². The minimum atomic E-state index is -0.997.